The molecule has 0 saturated heterocycles. The summed E-state index contributed by atoms with van der Waals surface area (Å²) in [5.74, 6) is 0.234. The second kappa shape index (κ2) is 1.65. The van der Waals surface area contributed by atoms with E-state index in [2.05, 4.69) is 4.74 Å². The van der Waals surface area contributed by atoms with Crippen molar-refractivity contribution in [1.82, 2.24) is 0 Å². The third-order valence-electron chi connectivity index (χ3n) is 0.889. The van der Waals surface area contributed by atoms with E-state index in [4.69, 9.17) is 4.74 Å². The van der Waals surface area contributed by atoms with Crippen molar-refractivity contribution >= 4 is 0 Å². The normalized spacial score (nSPS) is 27.6. The highest BCUT2D eigenvalue weighted by Crippen LogP contribution is 2.21. The maximum Gasteiger partial charge on any atom is 0.314 e. The Hall–Kier alpha value is -0.730. The second-order valence-electron chi connectivity index (χ2n) is 1.63. The zero-order valence-corrected chi connectivity index (χ0v) is 4.77. The van der Waals surface area contributed by atoms with Crippen molar-refractivity contribution in [1.29, 1.82) is 0 Å². The number of halogens is 1. The highest BCUT2D eigenvalue weighted by molar-refractivity contribution is 4.93. The van der Waals surface area contributed by atoms with E-state index in [1.807, 2.05) is 0 Å². The van der Waals surface area contributed by atoms with Crippen LogP contribution in [0.25, 0.3) is 0 Å². The van der Waals surface area contributed by atoms with Crippen LogP contribution in [0.5, 0.6) is 0 Å². The average Bonchev–Trinajstić information content (AvgIpc) is 1.85. The van der Waals surface area contributed by atoms with E-state index >= 15 is 0 Å². The van der Waals surface area contributed by atoms with Crippen molar-refractivity contribution < 1.29 is 13.9 Å². The Balaban J connectivity index is 2.60. The first kappa shape index (κ1) is 5.41. The Bertz CT molecular complexity index is 116. The summed E-state index contributed by atoms with van der Waals surface area (Å²) in [6.45, 7) is 3.16. The van der Waals surface area contributed by atoms with Gasteiger partial charge >= 0.3 is 6.01 Å². The third kappa shape index (κ3) is 0.757. The summed E-state index contributed by atoms with van der Waals surface area (Å²) in [6.07, 6.45) is -0.449. The molecule has 1 aliphatic rings. The number of hydrogen-bond donors (Lipinski definition) is 0. The molecule has 0 aromatic carbocycles. The van der Waals surface area contributed by atoms with Gasteiger partial charge in [-0.2, -0.15) is 4.39 Å². The van der Waals surface area contributed by atoms with Crippen molar-refractivity contribution in [2.24, 2.45) is 0 Å². The summed E-state index contributed by atoms with van der Waals surface area (Å²) >= 11 is 0. The topological polar surface area (TPSA) is 18.5 Å². The van der Waals surface area contributed by atoms with Gasteiger partial charge in [-0.25, -0.2) is 0 Å². The van der Waals surface area contributed by atoms with Gasteiger partial charge in [0.05, 0.1) is 0 Å². The fourth-order valence-electron chi connectivity index (χ4n) is 0.548. The summed E-state index contributed by atoms with van der Waals surface area (Å²) in [5.41, 5.74) is 0. The molecule has 0 fully saturated rings. The predicted molar refractivity (Wildman–Crippen MR) is 25.4 cm³/mol. The van der Waals surface area contributed by atoms with E-state index in [1.54, 1.807) is 6.92 Å². The maximum atomic E-state index is 12.1. The Morgan fingerprint density at radius 1 is 1.50 bits per heavy atom. The van der Waals surface area contributed by atoms with Crippen molar-refractivity contribution in [2.75, 3.05) is 0 Å². The molecule has 0 aliphatic carbocycles. The van der Waals surface area contributed by atoms with Gasteiger partial charge in [0.2, 0.25) is 6.29 Å². The molecule has 3 heteroatoms. The lowest BCUT2D eigenvalue weighted by molar-refractivity contribution is -0.0356. The van der Waals surface area contributed by atoms with Gasteiger partial charge in [-0.15, -0.1) is 0 Å². The molecule has 1 unspecified atom stereocenters. The van der Waals surface area contributed by atoms with Crippen LogP contribution in [-0.4, -0.2) is 6.29 Å². The zero-order chi connectivity index (χ0) is 6.15. The first-order valence-corrected chi connectivity index (χ1v) is 2.40. The lowest BCUT2D eigenvalue weighted by Crippen LogP contribution is -1.99. The van der Waals surface area contributed by atoms with Gasteiger partial charge < -0.3 is 9.47 Å². The van der Waals surface area contributed by atoms with E-state index < -0.39 is 12.3 Å². The van der Waals surface area contributed by atoms with Crippen LogP contribution in [-0.2, 0) is 9.47 Å². The maximum absolute atomic E-state index is 12.1. The number of ether oxygens (including phenoxy) is 2. The molecule has 1 atom stereocenters. The molecule has 1 aliphatic heterocycles. The Morgan fingerprint density at radius 2 is 2.12 bits per heavy atom. The fraction of sp³-hybridized carbons (Fsp3) is 0.600. The van der Waals surface area contributed by atoms with Crippen LogP contribution in [0.15, 0.2) is 11.8 Å². The van der Waals surface area contributed by atoms with Crippen molar-refractivity contribution in [3.63, 3.8) is 0 Å². The summed E-state index contributed by atoms with van der Waals surface area (Å²) in [7, 11) is 0. The lowest BCUT2D eigenvalue weighted by Gasteiger charge is -2.00. The molecule has 2 nitrogen and oxygen atoms in total. The quantitative estimate of drug-likeness (QED) is 0.480. The molecule has 0 aromatic rings. The monoisotopic (exact) mass is 118 g/mol. The van der Waals surface area contributed by atoms with E-state index in [-0.39, 0.29) is 5.76 Å². The van der Waals surface area contributed by atoms with Crippen LogP contribution in [0.2, 0.25) is 0 Å². The van der Waals surface area contributed by atoms with Crippen LogP contribution >= 0.6 is 0 Å². The first-order chi connectivity index (χ1) is 3.70. The van der Waals surface area contributed by atoms with Crippen molar-refractivity contribution in [3.8, 4) is 0 Å². The minimum Gasteiger partial charge on any atom is -0.453 e. The highest BCUT2D eigenvalue weighted by atomic mass is 19.1. The van der Waals surface area contributed by atoms with E-state index in [0.29, 0.717) is 0 Å². The molecular weight excluding hydrogens is 111 g/mol. The number of allylic oxidation sites excluding steroid dienone is 1. The summed E-state index contributed by atoms with van der Waals surface area (Å²) in [4.78, 5) is 0. The molecule has 46 valence electrons. The molecule has 8 heavy (non-hydrogen) atoms. The van der Waals surface area contributed by atoms with Gasteiger partial charge in [0, 0.05) is 6.92 Å². The lowest BCUT2D eigenvalue weighted by atomic mass is 10.6. The molecule has 1 heterocycles. The molecule has 1 rings (SSSR count). The summed E-state index contributed by atoms with van der Waals surface area (Å²) in [5, 5.41) is 0. The summed E-state index contributed by atoms with van der Waals surface area (Å²) < 4.78 is 21.3. The van der Waals surface area contributed by atoms with Crippen LogP contribution in [0.3, 0.4) is 0 Å². The summed E-state index contributed by atoms with van der Waals surface area (Å²) in [6, 6.07) is -0.600. The van der Waals surface area contributed by atoms with E-state index in [0.717, 1.165) is 0 Å². The smallest absolute Gasteiger partial charge is 0.314 e. The van der Waals surface area contributed by atoms with Crippen LogP contribution in [0.4, 0.5) is 4.39 Å². The zero-order valence-electron chi connectivity index (χ0n) is 4.77. The van der Waals surface area contributed by atoms with E-state index in [1.165, 1.54) is 6.92 Å². The molecule has 0 radical (unpaired) electrons. The minimum absolute atomic E-state index is 0.234. The fourth-order valence-corrected chi connectivity index (χ4v) is 0.548. The molecule has 0 aromatic heterocycles. The Kier molecular flexibility index (Phi) is 1.12. The largest absolute Gasteiger partial charge is 0.453 e. The van der Waals surface area contributed by atoms with Crippen LogP contribution in [0, 0.1) is 0 Å². The SMILES string of the molecule is CC1=C(F)OC(C)O1. The van der Waals surface area contributed by atoms with Crippen molar-refractivity contribution in [3.05, 3.63) is 11.8 Å². The van der Waals surface area contributed by atoms with Crippen molar-refractivity contribution in [2.45, 2.75) is 20.1 Å². The third-order valence-corrected chi connectivity index (χ3v) is 0.889. The van der Waals surface area contributed by atoms with Gasteiger partial charge in [0.1, 0.15) is 0 Å². The van der Waals surface area contributed by atoms with Gasteiger partial charge in [0.15, 0.2) is 5.76 Å². The van der Waals surface area contributed by atoms with Crippen LogP contribution < -0.4 is 0 Å². The molecule has 0 N–H and O–H groups in total. The molecule has 0 saturated carbocycles. The number of hydrogen-bond acceptors (Lipinski definition) is 2. The standard InChI is InChI=1S/C5H7FO2/c1-3-5(6)8-4(2)7-3/h4H,1-2H3. The highest BCUT2D eigenvalue weighted by Gasteiger charge is 2.18. The van der Waals surface area contributed by atoms with E-state index in [9.17, 15) is 4.39 Å². The van der Waals surface area contributed by atoms with Gasteiger partial charge in [-0.05, 0) is 6.92 Å². The first-order valence-electron chi connectivity index (χ1n) is 2.40. The minimum atomic E-state index is -0.600. The van der Waals surface area contributed by atoms with Gasteiger partial charge in [0.25, 0.3) is 0 Å². The predicted octanol–water partition coefficient (Wildman–Crippen LogP) is 1.54. The second-order valence-corrected chi connectivity index (χ2v) is 1.63. The Morgan fingerprint density at radius 3 is 2.25 bits per heavy atom. The van der Waals surface area contributed by atoms with Gasteiger partial charge in [-0.1, -0.05) is 0 Å². The molecule has 0 spiro atoms. The van der Waals surface area contributed by atoms with Gasteiger partial charge in [-0.3, -0.25) is 0 Å². The average molecular weight is 118 g/mol. The number of rotatable bonds is 0. The van der Waals surface area contributed by atoms with Crippen LogP contribution in [0.1, 0.15) is 13.8 Å². The molecular formula is C5H7FO2. The molecule has 0 amide bonds. The molecule has 0 bridgehead atoms. The Labute approximate surface area is 46.9 Å².